The lowest BCUT2D eigenvalue weighted by atomic mass is 9.44. The number of hydrogen-bond acceptors (Lipinski definition) is 8. The Balaban J connectivity index is 1.60. The van der Waals surface area contributed by atoms with Crippen LogP contribution in [0.1, 0.15) is 59.8 Å². The summed E-state index contributed by atoms with van der Waals surface area (Å²) < 4.78 is 21.3. The first-order valence-corrected chi connectivity index (χ1v) is 12.7. The van der Waals surface area contributed by atoms with Gasteiger partial charge in [-0.3, -0.25) is 4.79 Å². The van der Waals surface area contributed by atoms with Crippen molar-refractivity contribution in [2.45, 2.75) is 78.1 Å². The van der Waals surface area contributed by atoms with Crippen LogP contribution < -0.4 is 5.32 Å². The van der Waals surface area contributed by atoms with Crippen LogP contribution in [0.4, 0.5) is 9.59 Å². The number of imide groups is 1. The zero-order valence-electron chi connectivity index (χ0n) is 21.2. The highest BCUT2D eigenvalue weighted by Gasteiger charge is 2.68. The molecule has 3 saturated carbocycles. The molecule has 9 nitrogen and oxygen atoms in total. The summed E-state index contributed by atoms with van der Waals surface area (Å²) in [5, 5.41) is 13.7. The van der Waals surface area contributed by atoms with Crippen molar-refractivity contribution in [3.05, 3.63) is 12.7 Å². The first-order valence-electron chi connectivity index (χ1n) is 12.7. The van der Waals surface area contributed by atoms with Crippen LogP contribution in [0, 0.1) is 34.0 Å². The van der Waals surface area contributed by atoms with E-state index in [1.54, 1.807) is 6.08 Å². The number of carbonyl (C=O) groups is 3. The molecule has 0 spiro atoms. The van der Waals surface area contributed by atoms with Crippen molar-refractivity contribution in [2.75, 3.05) is 20.0 Å². The van der Waals surface area contributed by atoms with Crippen LogP contribution in [-0.4, -0.2) is 61.4 Å². The van der Waals surface area contributed by atoms with Crippen molar-refractivity contribution >= 4 is 18.0 Å². The molecule has 196 valence electrons. The predicted octanol–water partition coefficient (Wildman–Crippen LogP) is 3.59. The number of alkyl carbamates (subject to hydrolysis) is 2. The Labute approximate surface area is 206 Å². The van der Waals surface area contributed by atoms with E-state index in [-0.39, 0.29) is 48.5 Å². The number of carbonyl (C=O) groups excluding carboxylic acids is 3. The van der Waals surface area contributed by atoms with Crippen molar-refractivity contribution in [3.8, 4) is 0 Å². The normalized spacial score (nSPS) is 45.1. The van der Waals surface area contributed by atoms with Crippen LogP contribution in [0.5, 0.6) is 0 Å². The van der Waals surface area contributed by atoms with Crippen LogP contribution in [0.25, 0.3) is 0 Å². The number of nitrogens with one attached hydrogen (secondary N) is 1. The lowest BCUT2D eigenvalue weighted by molar-refractivity contribution is -0.191. The van der Waals surface area contributed by atoms with Gasteiger partial charge in [0.15, 0.2) is 0 Å². The summed E-state index contributed by atoms with van der Waals surface area (Å²) in [6.45, 7) is 12.5. The molecule has 4 aliphatic rings. The Morgan fingerprint density at radius 3 is 2.66 bits per heavy atom. The van der Waals surface area contributed by atoms with Crippen molar-refractivity contribution in [1.82, 2.24) is 5.32 Å². The van der Waals surface area contributed by atoms with Gasteiger partial charge in [-0.1, -0.05) is 33.8 Å². The standard InChI is InChI=1S/C26H39NO8/c1-6-24(4)11-19(35-23(31)27-22(30)33-13-17-12-32-14-34-17)25(5)15(2)7-9-26(16(3)21(24)29)10-8-18(28)20(25)26/h6,15-17,19-21,29H,1,7-14H2,2-5H3,(H,27,30,31)/t15?,16-,17?,19+,20-,21-,24+,25+,26-/m0/s1. The summed E-state index contributed by atoms with van der Waals surface area (Å²) in [6.07, 6.45) is 1.22. The Morgan fingerprint density at radius 2 is 2.00 bits per heavy atom. The lowest BCUT2D eigenvalue weighted by Gasteiger charge is -2.61. The number of hydrogen-bond donors (Lipinski definition) is 2. The molecule has 4 rings (SSSR count). The van der Waals surface area contributed by atoms with Gasteiger partial charge in [-0.15, -0.1) is 6.58 Å². The molecule has 9 atom stereocenters. The fraction of sp³-hybridized carbons (Fsp3) is 0.808. The van der Waals surface area contributed by atoms with Gasteiger partial charge in [0.2, 0.25) is 0 Å². The van der Waals surface area contributed by atoms with Crippen molar-refractivity contribution in [1.29, 1.82) is 0 Å². The highest BCUT2D eigenvalue weighted by atomic mass is 16.7. The average molecular weight is 494 g/mol. The average Bonchev–Trinajstić information content (AvgIpc) is 3.47. The fourth-order valence-electron chi connectivity index (χ4n) is 7.42. The fourth-order valence-corrected chi connectivity index (χ4v) is 7.42. The molecule has 2 N–H and O–H groups in total. The van der Waals surface area contributed by atoms with Gasteiger partial charge in [0.05, 0.1) is 12.7 Å². The van der Waals surface area contributed by atoms with Crippen LogP contribution in [-0.2, 0) is 23.7 Å². The van der Waals surface area contributed by atoms with E-state index in [9.17, 15) is 19.5 Å². The van der Waals surface area contributed by atoms with E-state index < -0.39 is 35.2 Å². The third kappa shape index (κ3) is 4.29. The predicted molar refractivity (Wildman–Crippen MR) is 125 cm³/mol. The molecule has 0 aromatic carbocycles. The third-order valence-electron chi connectivity index (χ3n) is 9.85. The number of ketones is 1. The van der Waals surface area contributed by atoms with Gasteiger partial charge in [-0.05, 0) is 42.9 Å². The molecule has 3 aliphatic carbocycles. The number of aliphatic hydroxyl groups is 1. The molecule has 0 aromatic heterocycles. The van der Waals surface area contributed by atoms with Gasteiger partial charge in [0, 0.05) is 23.2 Å². The van der Waals surface area contributed by atoms with Crippen molar-refractivity contribution in [3.63, 3.8) is 0 Å². The minimum Gasteiger partial charge on any atom is -0.446 e. The molecule has 9 heteroatoms. The second kappa shape index (κ2) is 9.48. The number of amides is 2. The largest absolute Gasteiger partial charge is 0.446 e. The topological polar surface area (TPSA) is 120 Å². The molecule has 4 fully saturated rings. The Kier molecular flexibility index (Phi) is 7.07. The monoisotopic (exact) mass is 493 g/mol. The summed E-state index contributed by atoms with van der Waals surface area (Å²) in [6, 6.07) is 0. The van der Waals surface area contributed by atoms with E-state index in [0.29, 0.717) is 19.4 Å². The van der Waals surface area contributed by atoms with Crippen molar-refractivity contribution in [2.24, 2.45) is 34.0 Å². The SMILES string of the molecule is C=C[C@]1(C)C[C@@H](OC(=O)NC(=O)OCC2COCO2)[C@@]2(C)C(C)CC[C@]3(CCC(=O)[C@H]32)[C@@H](C)[C@@H]1O. The van der Waals surface area contributed by atoms with Gasteiger partial charge < -0.3 is 24.1 Å². The molecular weight excluding hydrogens is 454 g/mol. The van der Waals surface area contributed by atoms with E-state index in [1.807, 2.05) is 13.8 Å². The molecule has 2 amide bonds. The maximum absolute atomic E-state index is 13.4. The zero-order chi connectivity index (χ0) is 25.6. The summed E-state index contributed by atoms with van der Waals surface area (Å²) in [4.78, 5) is 38.5. The molecule has 1 heterocycles. The summed E-state index contributed by atoms with van der Waals surface area (Å²) in [5.41, 5.74) is -1.75. The van der Waals surface area contributed by atoms with Gasteiger partial charge in [0.25, 0.3) is 0 Å². The number of ether oxygens (including phenoxy) is 4. The first kappa shape index (κ1) is 26.1. The Bertz CT molecular complexity index is 871. The molecule has 35 heavy (non-hydrogen) atoms. The van der Waals surface area contributed by atoms with E-state index >= 15 is 0 Å². The van der Waals surface area contributed by atoms with E-state index in [1.165, 1.54) is 0 Å². The molecule has 2 bridgehead atoms. The number of rotatable bonds is 4. The lowest BCUT2D eigenvalue weighted by Crippen LogP contribution is -2.63. The van der Waals surface area contributed by atoms with Crippen LogP contribution in [0.3, 0.4) is 0 Å². The van der Waals surface area contributed by atoms with Gasteiger partial charge in [-0.2, -0.15) is 0 Å². The highest BCUT2D eigenvalue weighted by molar-refractivity contribution is 5.88. The van der Waals surface area contributed by atoms with Crippen LogP contribution in [0.2, 0.25) is 0 Å². The number of Topliss-reactive ketones (excluding diaryl/α,β-unsaturated/α-hetero) is 1. The minimum absolute atomic E-state index is 0.0466. The smallest absolute Gasteiger partial charge is 0.416 e. The summed E-state index contributed by atoms with van der Waals surface area (Å²) in [5.74, 6) is -0.168. The molecule has 0 radical (unpaired) electrons. The minimum atomic E-state index is -0.940. The summed E-state index contributed by atoms with van der Waals surface area (Å²) in [7, 11) is 0. The highest BCUT2D eigenvalue weighted by Crippen LogP contribution is 2.67. The molecule has 1 saturated heterocycles. The maximum Gasteiger partial charge on any atom is 0.416 e. The second-order valence-corrected chi connectivity index (χ2v) is 11.5. The number of aliphatic hydroxyl groups excluding tert-OH is 1. The van der Waals surface area contributed by atoms with E-state index in [0.717, 1.165) is 19.3 Å². The van der Waals surface area contributed by atoms with E-state index in [4.69, 9.17) is 18.9 Å². The van der Waals surface area contributed by atoms with Gasteiger partial charge >= 0.3 is 12.2 Å². The Morgan fingerprint density at radius 1 is 1.26 bits per heavy atom. The molecule has 1 aliphatic heterocycles. The first-order chi connectivity index (χ1) is 16.5. The Hall–Kier alpha value is -1.97. The zero-order valence-corrected chi connectivity index (χ0v) is 21.2. The summed E-state index contributed by atoms with van der Waals surface area (Å²) >= 11 is 0. The van der Waals surface area contributed by atoms with E-state index in [2.05, 4.69) is 25.7 Å². The third-order valence-corrected chi connectivity index (χ3v) is 9.85. The second-order valence-electron chi connectivity index (χ2n) is 11.5. The molecule has 2 unspecified atom stereocenters. The van der Waals surface area contributed by atoms with Gasteiger partial charge in [0.1, 0.15) is 31.4 Å². The van der Waals surface area contributed by atoms with Crippen LogP contribution in [0.15, 0.2) is 12.7 Å². The molecular formula is C26H39NO8. The van der Waals surface area contributed by atoms with Gasteiger partial charge in [-0.25, -0.2) is 14.9 Å². The molecule has 0 aromatic rings. The maximum atomic E-state index is 13.4. The van der Waals surface area contributed by atoms with Crippen molar-refractivity contribution < 1.29 is 38.4 Å². The van der Waals surface area contributed by atoms with Crippen LogP contribution >= 0.6 is 0 Å². The quantitative estimate of drug-likeness (QED) is 0.570.